The highest BCUT2D eigenvalue weighted by Gasteiger charge is 2.59. The number of aliphatic carboxylic acids is 1. The molecule has 134 valence electrons. The van der Waals surface area contributed by atoms with Crippen LogP contribution in [0.4, 0.5) is 0 Å². The van der Waals surface area contributed by atoms with Crippen molar-refractivity contribution < 1.29 is 19.4 Å². The number of hydrogen-bond acceptors (Lipinski definition) is 3. The maximum Gasteiger partial charge on any atom is 0.319 e. The first-order chi connectivity index (χ1) is 11.2. The number of ether oxygens (including phenoxy) is 1. The van der Waals surface area contributed by atoms with Crippen LogP contribution in [0.5, 0.6) is 0 Å². The van der Waals surface area contributed by atoms with Gasteiger partial charge in [0.25, 0.3) is 0 Å². The highest BCUT2D eigenvalue weighted by Crippen LogP contribution is 2.61. The fourth-order valence-corrected chi connectivity index (χ4v) is 4.52. The molecule has 2 fully saturated rings. The Bertz CT molecular complexity index is 548. The third-order valence-corrected chi connectivity index (χ3v) is 6.19. The summed E-state index contributed by atoms with van der Waals surface area (Å²) in [5.74, 6) is -0.955. The van der Waals surface area contributed by atoms with Gasteiger partial charge in [-0.05, 0) is 58.8 Å². The van der Waals surface area contributed by atoms with Gasteiger partial charge in [0.15, 0.2) is 5.41 Å². The quantitative estimate of drug-likeness (QED) is 0.598. The van der Waals surface area contributed by atoms with E-state index in [1.807, 2.05) is 0 Å². The van der Waals surface area contributed by atoms with Crippen LogP contribution in [-0.2, 0) is 14.3 Å². The van der Waals surface area contributed by atoms with Crippen molar-refractivity contribution in [1.82, 2.24) is 5.32 Å². The normalized spacial score (nSPS) is 29.8. The van der Waals surface area contributed by atoms with Crippen LogP contribution >= 0.6 is 0 Å². The van der Waals surface area contributed by atoms with Crippen LogP contribution in [-0.4, -0.2) is 35.2 Å². The third-order valence-electron chi connectivity index (χ3n) is 6.19. The molecule has 0 aromatic heterocycles. The minimum absolute atomic E-state index is 0.148. The molecular weight excluding hydrogens is 306 g/mol. The van der Waals surface area contributed by atoms with Gasteiger partial charge in [-0.15, -0.1) is 0 Å². The van der Waals surface area contributed by atoms with E-state index in [1.165, 1.54) is 6.42 Å². The Balaban J connectivity index is 1.58. The van der Waals surface area contributed by atoms with Crippen molar-refractivity contribution in [2.24, 2.45) is 16.7 Å². The van der Waals surface area contributed by atoms with E-state index in [2.05, 4.69) is 26.1 Å². The van der Waals surface area contributed by atoms with Crippen LogP contribution in [0.15, 0.2) is 12.2 Å². The largest absolute Gasteiger partial charge is 0.480 e. The number of carbonyl (C=O) groups excluding carboxylic acids is 1. The van der Waals surface area contributed by atoms with Gasteiger partial charge in [-0.3, -0.25) is 9.59 Å². The molecule has 0 saturated heterocycles. The van der Waals surface area contributed by atoms with Gasteiger partial charge < -0.3 is 15.2 Å². The molecule has 0 unspecified atom stereocenters. The molecule has 0 radical (unpaired) electrons. The van der Waals surface area contributed by atoms with Crippen LogP contribution in [0.1, 0.15) is 59.3 Å². The van der Waals surface area contributed by atoms with Gasteiger partial charge in [0.2, 0.25) is 5.91 Å². The zero-order chi connectivity index (χ0) is 17.6. The Kier molecular flexibility index (Phi) is 4.27. The third kappa shape index (κ3) is 2.77. The molecule has 2 saturated carbocycles. The Morgan fingerprint density at radius 2 is 1.88 bits per heavy atom. The summed E-state index contributed by atoms with van der Waals surface area (Å²) in [6.45, 7) is 6.81. The Morgan fingerprint density at radius 3 is 2.33 bits per heavy atom. The summed E-state index contributed by atoms with van der Waals surface area (Å²) >= 11 is 0. The highest BCUT2D eigenvalue weighted by molar-refractivity contribution is 6.02. The van der Waals surface area contributed by atoms with Gasteiger partial charge in [0.05, 0.1) is 11.7 Å². The van der Waals surface area contributed by atoms with Gasteiger partial charge in [0.1, 0.15) is 0 Å². The van der Waals surface area contributed by atoms with Crippen molar-refractivity contribution >= 4 is 11.9 Å². The molecule has 0 aromatic rings. The number of carbonyl (C=O) groups is 2. The van der Waals surface area contributed by atoms with Crippen LogP contribution in [0, 0.1) is 16.7 Å². The summed E-state index contributed by atoms with van der Waals surface area (Å²) in [7, 11) is 0. The number of hydrogen-bond donors (Lipinski definition) is 2. The van der Waals surface area contributed by atoms with E-state index < -0.39 is 11.4 Å². The average Bonchev–Trinajstić information content (AvgIpc) is 2.89. The second-order valence-electron chi connectivity index (χ2n) is 8.72. The van der Waals surface area contributed by atoms with Crippen LogP contribution in [0.2, 0.25) is 0 Å². The first-order valence-electron chi connectivity index (χ1n) is 9.04. The fourth-order valence-electron chi connectivity index (χ4n) is 4.52. The lowest BCUT2D eigenvalue weighted by Crippen LogP contribution is -2.63. The Hall–Kier alpha value is -1.36. The van der Waals surface area contributed by atoms with E-state index in [9.17, 15) is 14.7 Å². The first kappa shape index (κ1) is 17.5. The van der Waals surface area contributed by atoms with Crippen molar-refractivity contribution in [2.45, 2.75) is 71.0 Å². The average molecular weight is 335 g/mol. The van der Waals surface area contributed by atoms with Crippen molar-refractivity contribution in [3.05, 3.63) is 12.2 Å². The molecule has 0 bridgehead atoms. The lowest BCUT2D eigenvalue weighted by molar-refractivity contribution is -0.231. The second-order valence-corrected chi connectivity index (χ2v) is 8.72. The monoisotopic (exact) mass is 335 g/mol. The van der Waals surface area contributed by atoms with Crippen LogP contribution in [0.3, 0.4) is 0 Å². The molecule has 24 heavy (non-hydrogen) atoms. The predicted octanol–water partition coefficient (Wildman–Crippen LogP) is 2.90. The first-order valence-corrected chi connectivity index (χ1v) is 9.04. The maximum absolute atomic E-state index is 12.5. The van der Waals surface area contributed by atoms with Gasteiger partial charge >= 0.3 is 5.97 Å². The second kappa shape index (κ2) is 5.87. The van der Waals surface area contributed by atoms with Crippen LogP contribution < -0.4 is 5.32 Å². The molecule has 0 heterocycles. The van der Waals surface area contributed by atoms with E-state index in [4.69, 9.17) is 4.74 Å². The molecule has 2 atom stereocenters. The summed E-state index contributed by atoms with van der Waals surface area (Å²) < 4.78 is 6.21. The van der Waals surface area contributed by atoms with Gasteiger partial charge in [0, 0.05) is 12.0 Å². The summed E-state index contributed by atoms with van der Waals surface area (Å²) in [6, 6.07) is 0. The molecule has 5 heteroatoms. The SMILES string of the molecule is CC(C)(C)O[C@@H]1C[C@H](CNC(=O)C2(C(=O)O)CC=CC2)C12CCC2. The number of carboxylic acids is 1. The van der Waals surface area contributed by atoms with Gasteiger partial charge in [-0.2, -0.15) is 0 Å². The molecule has 0 aromatic carbocycles. The van der Waals surface area contributed by atoms with Crippen molar-refractivity contribution in [2.75, 3.05) is 6.54 Å². The van der Waals surface area contributed by atoms with Crippen LogP contribution in [0.25, 0.3) is 0 Å². The number of allylic oxidation sites excluding steroid dienone is 2. The smallest absolute Gasteiger partial charge is 0.319 e. The number of carboxylic acid groups (broad SMARTS) is 1. The predicted molar refractivity (Wildman–Crippen MR) is 90.5 cm³/mol. The summed E-state index contributed by atoms with van der Waals surface area (Å²) in [5, 5.41) is 12.4. The summed E-state index contributed by atoms with van der Waals surface area (Å²) in [6.07, 6.45) is 8.91. The molecular formula is C19H29NO4. The molecule has 5 nitrogen and oxygen atoms in total. The molecule has 0 aliphatic heterocycles. The zero-order valence-electron chi connectivity index (χ0n) is 14.9. The highest BCUT2D eigenvalue weighted by atomic mass is 16.5. The molecule has 2 N–H and O–H groups in total. The van der Waals surface area contributed by atoms with Gasteiger partial charge in [-0.1, -0.05) is 18.6 Å². The van der Waals surface area contributed by atoms with E-state index in [-0.39, 0.29) is 23.0 Å². The van der Waals surface area contributed by atoms with Crippen molar-refractivity contribution in [1.29, 1.82) is 0 Å². The molecule has 1 spiro atoms. The summed E-state index contributed by atoms with van der Waals surface area (Å²) in [4.78, 5) is 24.1. The standard InChI is InChI=1S/C19H29NO4/c1-17(2,3)24-14-11-13(18(14)9-6-10-18)12-20-15(21)19(16(22)23)7-4-5-8-19/h4-5,13-14H,6-12H2,1-3H3,(H,20,21)(H,22,23)/t13-,14-/m1/s1. The summed E-state index contributed by atoms with van der Waals surface area (Å²) in [5.41, 5.74) is -1.24. The molecule has 3 aliphatic carbocycles. The number of nitrogens with one attached hydrogen (secondary N) is 1. The fraction of sp³-hybridized carbons (Fsp3) is 0.789. The maximum atomic E-state index is 12.5. The molecule has 3 aliphatic rings. The zero-order valence-corrected chi connectivity index (χ0v) is 14.9. The molecule has 1 amide bonds. The Labute approximate surface area is 143 Å². The van der Waals surface area contributed by atoms with E-state index in [0.717, 1.165) is 19.3 Å². The lowest BCUT2D eigenvalue weighted by Gasteiger charge is -2.62. The van der Waals surface area contributed by atoms with E-state index in [0.29, 0.717) is 25.3 Å². The van der Waals surface area contributed by atoms with E-state index in [1.54, 1.807) is 12.2 Å². The minimum atomic E-state index is -1.29. The topological polar surface area (TPSA) is 75.6 Å². The lowest BCUT2D eigenvalue weighted by atomic mass is 9.48. The number of amides is 1. The van der Waals surface area contributed by atoms with E-state index >= 15 is 0 Å². The molecule has 3 rings (SSSR count). The number of rotatable bonds is 5. The Morgan fingerprint density at radius 1 is 1.25 bits per heavy atom. The van der Waals surface area contributed by atoms with Crippen molar-refractivity contribution in [3.63, 3.8) is 0 Å². The van der Waals surface area contributed by atoms with Crippen molar-refractivity contribution in [3.8, 4) is 0 Å². The van der Waals surface area contributed by atoms with Gasteiger partial charge in [-0.25, -0.2) is 0 Å². The minimum Gasteiger partial charge on any atom is -0.480 e.